The fourth-order valence-corrected chi connectivity index (χ4v) is 6.88. The molecule has 5 rings (SSSR count). The molecular weight excluding hydrogens is 601 g/mol. The first-order valence-electron chi connectivity index (χ1n) is 14.3. The molecule has 3 saturated heterocycles. The molecular formula is C30H36Cl3N5O4. The van der Waals surface area contributed by atoms with Crippen molar-refractivity contribution in [2.24, 2.45) is 0 Å². The maximum atomic E-state index is 13.1. The molecule has 9 nitrogen and oxygen atoms in total. The van der Waals surface area contributed by atoms with Gasteiger partial charge in [-0.1, -0.05) is 46.9 Å². The Bertz CT molecular complexity index is 1330. The SMILES string of the molecule is CC(=O)N1CCN(C(=O)c2c(Cl)cc(NC3CN(C4CCN(C(=O)[C@@](C)(O)c5cccc(Cl)c5)CC4)C3)cc2Cl)CC1. The average Bonchev–Trinajstić information content (AvgIpc) is 2.94. The van der Waals surface area contributed by atoms with E-state index in [0.29, 0.717) is 65.9 Å². The molecule has 42 heavy (non-hydrogen) atoms. The molecule has 2 aromatic rings. The number of carbonyl (C=O) groups excluding carboxylic acids is 3. The summed E-state index contributed by atoms with van der Waals surface area (Å²) in [6, 6.07) is 10.8. The number of hydrogen-bond donors (Lipinski definition) is 2. The predicted molar refractivity (Wildman–Crippen MR) is 164 cm³/mol. The number of amides is 3. The fraction of sp³-hybridized carbons (Fsp3) is 0.500. The molecule has 3 fully saturated rings. The molecule has 0 bridgehead atoms. The Labute approximate surface area is 261 Å². The van der Waals surface area contributed by atoms with Crippen LogP contribution in [0.1, 0.15) is 42.6 Å². The van der Waals surface area contributed by atoms with Crippen LogP contribution in [0.5, 0.6) is 0 Å². The summed E-state index contributed by atoms with van der Waals surface area (Å²) in [5.41, 5.74) is -0.0948. The summed E-state index contributed by atoms with van der Waals surface area (Å²) >= 11 is 19.1. The topological polar surface area (TPSA) is 96.4 Å². The Hall–Kier alpha value is -2.56. The first kappa shape index (κ1) is 30.9. The van der Waals surface area contributed by atoms with E-state index in [1.165, 1.54) is 13.8 Å². The lowest BCUT2D eigenvalue weighted by atomic mass is 9.92. The number of halogens is 3. The smallest absolute Gasteiger partial charge is 0.258 e. The number of piperidine rings is 1. The number of anilines is 1. The Morgan fingerprint density at radius 3 is 2.05 bits per heavy atom. The number of likely N-dealkylation sites (tertiary alicyclic amines) is 2. The van der Waals surface area contributed by atoms with Gasteiger partial charge in [-0.3, -0.25) is 19.3 Å². The summed E-state index contributed by atoms with van der Waals surface area (Å²) in [6.45, 7) is 7.77. The highest BCUT2D eigenvalue weighted by molar-refractivity contribution is 6.40. The molecule has 3 heterocycles. The molecule has 1 atom stereocenters. The summed E-state index contributed by atoms with van der Waals surface area (Å²) in [7, 11) is 0. The van der Waals surface area contributed by atoms with E-state index in [4.69, 9.17) is 34.8 Å². The maximum absolute atomic E-state index is 13.1. The summed E-state index contributed by atoms with van der Waals surface area (Å²) in [6.07, 6.45) is 1.67. The summed E-state index contributed by atoms with van der Waals surface area (Å²) in [5.74, 6) is -0.531. The normalized spacial score (nSPS) is 20.2. The van der Waals surface area contributed by atoms with Crippen molar-refractivity contribution in [3.8, 4) is 0 Å². The molecule has 3 aliphatic heterocycles. The quantitative estimate of drug-likeness (QED) is 0.499. The molecule has 0 aromatic heterocycles. The van der Waals surface area contributed by atoms with Crippen LogP contribution in [0.4, 0.5) is 5.69 Å². The molecule has 0 aliphatic carbocycles. The third-order valence-electron chi connectivity index (χ3n) is 8.62. The van der Waals surface area contributed by atoms with Crippen molar-refractivity contribution in [1.82, 2.24) is 19.6 Å². The second-order valence-electron chi connectivity index (χ2n) is 11.5. The van der Waals surface area contributed by atoms with Gasteiger partial charge >= 0.3 is 0 Å². The van der Waals surface area contributed by atoms with Crippen molar-refractivity contribution in [3.05, 3.63) is 62.6 Å². The summed E-state index contributed by atoms with van der Waals surface area (Å²) < 4.78 is 0. The van der Waals surface area contributed by atoms with Crippen molar-refractivity contribution < 1.29 is 19.5 Å². The maximum Gasteiger partial charge on any atom is 0.258 e. The van der Waals surface area contributed by atoms with Crippen molar-refractivity contribution in [3.63, 3.8) is 0 Å². The van der Waals surface area contributed by atoms with Gasteiger partial charge in [0, 0.05) is 76.0 Å². The van der Waals surface area contributed by atoms with E-state index in [1.807, 2.05) is 0 Å². The third kappa shape index (κ3) is 6.50. The van der Waals surface area contributed by atoms with Crippen molar-refractivity contribution >= 4 is 58.2 Å². The van der Waals surface area contributed by atoms with Gasteiger partial charge in [0.05, 0.1) is 21.7 Å². The van der Waals surface area contributed by atoms with Gasteiger partial charge in [0.15, 0.2) is 5.60 Å². The van der Waals surface area contributed by atoms with Crippen LogP contribution in [0, 0.1) is 0 Å². The minimum absolute atomic E-state index is 0.00268. The lowest BCUT2D eigenvalue weighted by molar-refractivity contribution is -0.152. The zero-order valence-corrected chi connectivity index (χ0v) is 26.1. The van der Waals surface area contributed by atoms with E-state index in [-0.39, 0.29) is 29.3 Å². The van der Waals surface area contributed by atoms with E-state index >= 15 is 0 Å². The van der Waals surface area contributed by atoms with Gasteiger partial charge in [0.25, 0.3) is 11.8 Å². The highest BCUT2D eigenvalue weighted by atomic mass is 35.5. The number of nitrogens with one attached hydrogen (secondary N) is 1. The number of nitrogens with zero attached hydrogens (tertiary/aromatic N) is 4. The number of aliphatic hydroxyl groups is 1. The van der Waals surface area contributed by atoms with E-state index in [0.717, 1.165) is 31.6 Å². The molecule has 3 amide bonds. The van der Waals surface area contributed by atoms with Gasteiger partial charge < -0.3 is 25.1 Å². The molecule has 226 valence electrons. The Morgan fingerprint density at radius 1 is 0.881 bits per heavy atom. The van der Waals surface area contributed by atoms with Crippen LogP contribution < -0.4 is 5.32 Å². The Kier molecular flexibility index (Phi) is 9.25. The van der Waals surface area contributed by atoms with Gasteiger partial charge in [0.1, 0.15) is 0 Å². The molecule has 2 aromatic carbocycles. The molecule has 0 unspecified atom stereocenters. The highest BCUT2D eigenvalue weighted by Crippen LogP contribution is 2.33. The third-order valence-corrected chi connectivity index (χ3v) is 9.45. The van der Waals surface area contributed by atoms with Crippen molar-refractivity contribution in [2.45, 2.75) is 44.4 Å². The largest absolute Gasteiger partial charge is 0.380 e. The number of piperazine rings is 1. The highest BCUT2D eigenvalue weighted by Gasteiger charge is 2.40. The number of benzene rings is 2. The fourth-order valence-electron chi connectivity index (χ4n) is 6.04. The number of hydrogen-bond acceptors (Lipinski definition) is 6. The van der Waals surface area contributed by atoms with E-state index < -0.39 is 5.60 Å². The lowest BCUT2D eigenvalue weighted by Gasteiger charge is -2.48. The standard InChI is InChI=1S/C30H36Cl3N5O4/c1-19(39)35-10-12-36(13-11-35)28(40)27-25(32)15-22(16-26(27)33)34-23-17-38(18-23)24-6-8-37(9-7-24)29(41)30(2,42)20-4-3-5-21(31)14-20/h3-5,14-16,23-24,34,42H,6-13,17-18H2,1-2H3/t30-/m0/s1. The predicted octanol–water partition coefficient (Wildman–Crippen LogP) is 3.95. The van der Waals surface area contributed by atoms with E-state index in [2.05, 4.69) is 10.2 Å². The minimum Gasteiger partial charge on any atom is -0.380 e. The minimum atomic E-state index is -1.63. The van der Waals surface area contributed by atoms with Crippen LogP contribution in [-0.4, -0.2) is 107 Å². The molecule has 0 saturated carbocycles. The monoisotopic (exact) mass is 635 g/mol. The summed E-state index contributed by atoms with van der Waals surface area (Å²) in [4.78, 5) is 45.4. The van der Waals surface area contributed by atoms with Crippen LogP contribution in [0.3, 0.4) is 0 Å². The van der Waals surface area contributed by atoms with Gasteiger partial charge in [-0.05, 0) is 49.6 Å². The first-order valence-corrected chi connectivity index (χ1v) is 15.4. The van der Waals surface area contributed by atoms with Crippen LogP contribution in [0.25, 0.3) is 0 Å². The van der Waals surface area contributed by atoms with Gasteiger partial charge in [-0.15, -0.1) is 0 Å². The van der Waals surface area contributed by atoms with Gasteiger partial charge in [-0.2, -0.15) is 0 Å². The van der Waals surface area contributed by atoms with Crippen LogP contribution in [0.2, 0.25) is 15.1 Å². The molecule has 12 heteroatoms. The lowest BCUT2D eigenvalue weighted by Crippen LogP contribution is -2.61. The van der Waals surface area contributed by atoms with E-state index in [1.54, 1.807) is 51.1 Å². The zero-order valence-electron chi connectivity index (χ0n) is 23.8. The number of rotatable bonds is 6. The van der Waals surface area contributed by atoms with Crippen LogP contribution in [0.15, 0.2) is 36.4 Å². The molecule has 0 spiro atoms. The van der Waals surface area contributed by atoms with Crippen molar-refractivity contribution in [2.75, 3.05) is 57.7 Å². The Balaban J connectivity index is 1.10. The Morgan fingerprint density at radius 2 is 1.48 bits per heavy atom. The van der Waals surface area contributed by atoms with Gasteiger partial charge in [0.2, 0.25) is 5.91 Å². The second kappa shape index (κ2) is 12.6. The van der Waals surface area contributed by atoms with Crippen LogP contribution in [-0.2, 0) is 15.2 Å². The molecule has 3 aliphatic rings. The average molecular weight is 637 g/mol. The summed E-state index contributed by atoms with van der Waals surface area (Å²) in [5, 5.41) is 15.5. The zero-order chi connectivity index (χ0) is 30.2. The second-order valence-corrected chi connectivity index (χ2v) is 12.8. The molecule has 0 radical (unpaired) electrons. The first-order chi connectivity index (χ1) is 19.9. The van der Waals surface area contributed by atoms with Crippen LogP contribution >= 0.6 is 34.8 Å². The molecule has 2 N–H and O–H groups in total. The van der Waals surface area contributed by atoms with Gasteiger partial charge in [-0.25, -0.2) is 0 Å². The number of carbonyl (C=O) groups is 3. The van der Waals surface area contributed by atoms with E-state index in [9.17, 15) is 19.5 Å². The van der Waals surface area contributed by atoms with Crippen molar-refractivity contribution in [1.29, 1.82) is 0 Å².